The molecule has 4 nitrogen and oxygen atoms in total. The van der Waals surface area contributed by atoms with Gasteiger partial charge in [-0.1, -0.05) is 65.7 Å². The van der Waals surface area contributed by atoms with Crippen molar-refractivity contribution in [2.75, 3.05) is 0 Å². The smallest absolute Gasteiger partial charge is 0.148 e. The molecule has 0 aliphatic rings. The van der Waals surface area contributed by atoms with Gasteiger partial charge in [-0.05, 0) is 36.4 Å². The Bertz CT molecular complexity index is 1650. The monoisotopic (exact) mass is 634 g/mol. The first-order chi connectivity index (χ1) is 17.2. The fourth-order valence-corrected chi connectivity index (χ4v) is 4.23. The van der Waals surface area contributed by atoms with Crippen LogP contribution in [0.25, 0.3) is 50.5 Å². The van der Waals surface area contributed by atoms with Gasteiger partial charge >= 0.3 is 0 Å². The molecule has 2 heterocycles. The Morgan fingerprint density at radius 1 is 0.743 bits per heavy atom. The molecule has 0 saturated carbocycles. The maximum absolute atomic E-state index is 10.7. The van der Waals surface area contributed by atoms with Crippen molar-refractivity contribution in [1.29, 1.82) is 0 Å². The Balaban J connectivity index is 0.00000267. The SMILES string of the molecule is [2H]c1cccc(O)c1-c1nc2c(-c3[c-]c(-c4ccccn4)ccc3)cccc2n1-c1ccccc1.[Pt]. The number of phenolic OH excluding ortho intramolecular Hbond substituents is 1. The minimum atomic E-state index is 0. The maximum Gasteiger partial charge on any atom is 0.148 e. The molecule has 1 N–H and O–H groups in total. The molecule has 0 bridgehead atoms. The van der Waals surface area contributed by atoms with Crippen molar-refractivity contribution in [3.63, 3.8) is 0 Å². The van der Waals surface area contributed by atoms with E-state index in [1.54, 1.807) is 24.4 Å². The number of para-hydroxylation sites is 3. The van der Waals surface area contributed by atoms with Crippen LogP contribution in [0.3, 0.4) is 0 Å². The average Bonchev–Trinajstić information content (AvgIpc) is 3.29. The molecule has 0 unspecified atom stereocenters. The van der Waals surface area contributed by atoms with Crippen LogP contribution in [-0.4, -0.2) is 19.6 Å². The third-order valence-corrected chi connectivity index (χ3v) is 5.78. The second-order valence-corrected chi connectivity index (χ2v) is 7.90. The van der Waals surface area contributed by atoms with Gasteiger partial charge in [0.15, 0.2) is 0 Å². The number of hydrogen-bond acceptors (Lipinski definition) is 3. The zero-order valence-electron chi connectivity index (χ0n) is 19.5. The summed E-state index contributed by atoms with van der Waals surface area (Å²) in [4.78, 5) is 9.47. The average molecular weight is 635 g/mol. The van der Waals surface area contributed by atoms with Gasteiger partial charge in [-0.2, -0.15) is 0 Å². The van der Waals surface area contributed by atoms with E-state index in [2.05, 4.69) is 11.1 Å². The van der Waals surface area contributed by atoms with Crippen molar-refractivity contribution in [1.82, 2.24) is 14.5 Å². The Morgan fingerprint density at radius 2 is 1.51 bits per heavy atom. The molecule has 5 heteroatoms. The molecule has 0 spiro atoms. The van der Waals surface area contributed by atoms with E-state index in [0.717, 1.165) is 39.1 Å². The zero-order valence-corrected chi connectivity index (χ0v) is 20.8. The summed E-state index contributed by atoms with van der Waals surface area (Å²) in [6, 6.07) is 36.4. The van der Waals surface area contributed by atoms with Crippen molar-refractivity contribution < 1.29 is 27.5 Å². The third-order valence-electron chi connectivity index (χ3n) is 5.78. The first-order valence-electron chi connectivity index (χ1n) is 11.5. The van der Waals surface area contributed by atoms with Crippen LogP contribution in [0, 0.1) is 6.07 Å². The number of imidazole rings is 1. The van der Waals surface area contributed by atoms with Gasteiger partial charge in [0.2, 0.25) is 0 Å². The van der Waals surface area contributed by atoms with Crippen molar-refractivity contribution >= 4 is 11.0 Å². The summed E-state index contributed by atoms with van der Waals surface area (Å²) in [5.74, 6) is 0.540. The first kappa shape index (κ1) is 21.5. The van der Waals surface area contributed by atoms with Crippen LogP contribution in [0.2, 0.25) is 0 Å². The van der Waals surface area contributed by atoms with Crippen LogP contribution < -0.4 is 0 Å². The van der Waals surface area contributed by atoms with Crippen LogP contribution in [-0.2, 0) is 21.1 Å². The van der Waals surface area contributed by atoms with E-state index in [1.165, 1.54) is 0 Å². The molecular weight excluding hydrogens is 613 g/mol. The van der Waals surface area contributed by atoms with E-state index in [4.69, 9.17) is 6.35 Å². The van der Waals surface area contributed by atoms with Crippen LogP contribution in [0.15, 0.2) is 115 Å². The Hall–Kier alpha value is -4.01. The van der Waals surface area contributed by atoms with Gasteiger partial charge in [-0.25, -0.2) is 4.98 Å². The van der Waals surface area contributed by atoms with Crippen molar-refractivity contribution in [3.05, 3.63) is 121 Å². The summed E-state index contributed by atoms with van der Waals surface area (Å²) < 4.78 is 10.5. The molecule has 0 fully saturated rings. The number of aromatic hydroxyl groups is 1. The number of nitrogens with zero attached hydrogens (tertiary/aromatic N) is 3. The zero-order chi connectivity index (χ0) is 23.8. The van der Waals surface area contributed by atoms with Crippen molar-refractivity contribution in [3.8, 4) is 45.2 Å². The molecule has 0 atom stereocenters. The molecule has 0 amide bonds. The minimum absolute atomic E-state index is 0. The van der Waals surface area contributed by atoms with Crippen LogP contribution >= 0.6 is 0 Å². The van der Waals surface area contributed by atoms with Gasteiger partial charge in [0.05, 0.1) is 18.0 Å². The van der Waals surface area contributed by atoms with E-state index in [-0.39, 0.29) is 32.9 Å². The molecule has 0 saturated heterocycles. The Kier molecular flexibility index (Phi) is 5.96. The Morgan fingerprint density at radius 3 is 2.31 bits per heavy atom. The van der Waals surface area contributed by atoms with E-state index >= 15 is 0 Å². The predicted octanol–water partition coefficient (Wildman–Crippen LogP) is 6.92. The molecular formula is C30H20N3OPt-. The van der Waals surface area contributed by atoms with Gasteiger partial charge in [0.25, 0.3) is 0 Å². The number of aromatic nitrogens is 3. The van der Waals surface area contributed by atoms with Gasteiger partial charge in [0, 0.05) is 38.6 Å². The number of benzene rings is 4. The molecule has 2 aromatic heterocycles. The van der Waals surface area contributed by atoms with Crippen LogP contribution in [0.1, 0.15) is 1.37 Å². The fraction of sp³-hybridized carbons (Fsp3) is 0. The van der Waals surface area contributed by atoms with Crippen LogP contribution in [0.4, 0.5) is 0 Å². The molecule has 172 valence electrons. The number of rotatable bonds is 4. The fourth-order valence-electron chi connectivity index (χ4n) is 4.23. The van der Waals surface area contributed by atoms with E-state index in [1.807, 2.05) is 89.5 Å². The summed E-state index contributed by atoms with van der Waals surface area (Å²) in [5.41, 5.74) is 6.50. The number of pyridine rings is 1. The van der Waals surface area contributed by atoms with E-state index in [9.17, 15) is 5.11 Å². The van der Waals surface area contributed by atoms with Gasteiger partial charge < -0.3 is 5.11 Å². The first-order valence-corrected chi connectivity index (χ1v) is 11.0. The second-order valence-electron chi connectivity index (χ2n) is 7.90. The summed E-state index contributed by atoms with van der Waals surface area (Å²) in [7, 11) is 0. The number of phenols is 1. The quantitative estimate of drug-likeness (QED) is 0.214. The summed E-state index contributed by atoms with van der Waals surface area (Å²) in [6.07, 6.45) is 1.77. The maximum atomic E-state index is 10.7. The predicted molar refractivity (Wildman–Crippen MR) is 136 cm³/mol. The normalized spacial score (nSPS) is 11.1. The van der Waals surface area contributed by atoms with Crippen molar-refractivity contribution in [2.45, 2.75) is 0 Å². The van der Waals surface area contributed by atoms with Gasteiger partial charge in [-0.15, -0.1) is 29.8 Å². The number of fused-ring (bicyclic) bond motifs is 1. The summed E-state index contributed by atoms with van der Waals surface area (Å²) in [6.45, 7) is 0. The molecule has 0 aliphatic heterocycles. The summed E-state index contributed by atoms with van der Waals surface area (Å²) in [5, 5.41) is 10.7. The van der Waals surface area contributed by atoms with Crippen molar-refractivity contribution in [2.24, 2.45) is 0 Å². The second kappa shape index (κ2) is 9.69. The molecule has 35 heavy (non-hydrogen) atoms. The summed E-state index contributed by atoms with van der Waals surface area (Å²) >= 11 is 0. The number of hydrogen-bond donors (Lipinski definition) is 1. The minimum Gasteiger partial charge on any atom is -0.507 e. The van der Waals surface area contributed by atoms with Gasteiger partial charge in [-0.3, -0.25) is 9.55 Å². The molecule has 0 radical (unpaired) electrons. The van der Waals surface area contributed by atoms with Gasteiger partial charge in [0.1, 0.15) is 11.6 Å². The topological polar surface area (TPSA) is 50.9 Å². The Labute approximate surface area is 219 Å². The third kappa shape index (κ3) is 4.18. The van der Waals surface area contributed by atoms with E-state index < -0.39 is 0 Å². The largest absolute Gasteiger partial charge is 0.507 e. The van der Waals surface area contributed by atoms with E-state index in [0.29, 0.717) is 11.4 Å². The molecule has 6 aromatic rings. The molecule has 0 aliphatic carbocycles. The van der Waals surface area contributed by atoms with Crippen LogP contribution in [0.5, 0.6) is 5.75 Å². The standard InChI is InChI=1S/C30H20N3O.Pt/c34-28-18-5-4-14-25(28)30-32-29-24(15-9-17-27(29)33(30)23-12-2-1-3-13-23)21-10-8-11-22(20-21)26-16-6-7-19-31-26;/h1-19,34H;/q-1;/i14D;. The molecule has 6 rings (SSSR count). The molecule has 4 aromatic carbocycles.